The van der Waals surface area contributed by atoms with Crippen LogP contribution in [0.3, 0.4) is 0 Å². The Hall–Kier alpha value is -1.60. The zero-order valence-electron chi connectivity index (χ0n) is 11.2. The van der Waals surface area contributed by atoms with Gasteiger partial charge in [0.2, 0.25) is 15.9 Å². The fraction of sp³-hybridized carbons (Fsp3) is 0.417. The van der Waals surface area contributed by atoms with Crippen LogP contribution in [0.2, 0.25) is 0 Å². The van der Waals surface area contributed by atoms with E-state index < -0.39 is 10.0 Å². The highest BCUT2D eigenvalue weighted by atomic mass is 32.2. The lowest BCUT2D eigenvalue weighted by Crippen LogP contribution is -2.21. The summed E-state index contributed by atoms with van der Waals surface area (Å²) in [5, 5.41) is 7.62. The van der Waals surface area contributed by atoms with Crippen molar-refractivity contribution in [3.05, 3.63) is 23.3 Å². The van der Waals surface area contributed by atoms with Gasteiger partial charge < -0.3 is 10.1 Å². The van der Waals surface area contributed by atoms with Crippen molar-refractivity contribution in [2.24, 2.45) is 5.14 Å². The molecule has 0 saturated carbocycles. The molecular formula is C12H18N2O4S. The van der Waals surface area contributed by atoms with Gasteiger partial charge in [0.1, 0.15) is 10.6 Å². The van der Waals surface area contributed by atoms with E-state index in [1.165, 1.54) is 13.1 Å². The third kappa shape index (κ3) is 4.22. The molecule has 0 aliphatic heterocycles. The van der Waals surface area contributed by atoms with Gasteiger partial charge in [-0.2, -0.15) is 0 Å². The number of benzene rings is 1. The summed E-state index contributed by atoms with van der Waals surface area (Å²) in [6, 6.07) is 3.25. The molecule has 1 rings (SSSR count). The Balaban J connectivity index is 3.03. The van der Waals surface area contributed by atoms with Crippen molar-refractivity contribution in [1.29, 1.82) is 0 Å². The van der Waals surface area contributed by atoms with Crippen LogP contribution >= 0.6 is 0 Å². The molecule has 1 aromatic carbocycles. The van der Waals surface area contributed by atoms with Gasteiger partial charge in [-0.05, 0) is 31.0 Å². The van der Waals surface area contributed by atoms with Gasteiger partial charge in [-0.1, -0.05) is 6.07 Å². The van der Waals surface area contributed by atoms with Crippen molar-refractivity contribution in [2.45, 2.75) is 25.2 Å². The van der Waals surface area contributed by atoms with Gasteiger partial charge in [0.05, 0.1) is 13.0 Å². The smallest absolute Gasteiger partial charge is 0.241 e. The first-order valence-electron chi connectivity index (χ1n) is 5.73. The molecule has 1 amide bonds. The minimum atomic E-state index is -3.86. The first-order chi connectivity index (χ1) is 8.75. The van der Waals surface area contributed by atoms with Gasteiger partial charge >= 0.3 is 0 Å². The molecule has 0 radical (unpaired) electrons. The number of carbonyl (C=O) groups is 1. The Kier molecular flexibility index (Phi) is 4.90. The van der Waals surface area contributed by atoms with Crippen molar-refractivity contribution >= 4 is 15.9 Å². The number of hydrogen-bond acceptors (Lipinski definition) is 4. The highest BCUT2D eigenvalue weighted by molar-refractivity contribution is 7.89. The van der Waals surface area contributed by atoms with Crippen molar-refractivity contribution in [3.63, 3.8) is 0 Å². The molecule has 0 spiro atoms. The number of sulfonamides is 1. The molecule has 0 saturated heterocycles. The molecule has 0 heterocycles. The number of nitrogens with one attached hydrogen (secondary N) is 1. The van der Waals surface area contributed by atoms with Crippen LogP contribution in [0.1, 0.15) is 17.5 Å². The van der Waals surface area contributed by atoms with E-state index in [0.717, 1.165) is 5.56 Å². The molecule has 0 fully saturated rings. The second-order valence-corrected chi connectivity index (χ2v) is 5.76. The van der Waals surface area contributed by atoms with Crippen LogP contribution in [0.15, 0.2) is 17.0 Å². The second-order valence-electron chi connectivity index (χ2n) is 4.23. The maximum atomic E-state index is 11.5. The zero-order valence-corrected chi connectivity index (χ0v) is 12.0. The number of amides is 1. The minimum absolute atomic E-state index is 0.0538. The molecule has 0 aliphatic carbocycles. The number of primary sulfonamides is 1. The van der Waals surface area contributed by atoms with Crippen LogP contribution in [-0.4, -0.2) is 28.0 Å². The quantitative estimate of drug-likeness (QED) is 0.821. The van der Waals surface area contributed by atoms with Gasteiger partial charge in [0.15, 0.2) is 0 Å². The topological polar surface area (TPSA) is 98.5 Å². The molecule has 19 heavy (non-hydrogen) atoms. The Morgan fingerprint density at radius 3 is 2.53 bits per heavy atom. The van der Waals surface area contributed by atoms with E-state index in [0.29, 0.717) is 5.56 Å². The maximum absolute atomic E-state index is 11.5. The lowest BCUT2D eigenvalue weighted by atomic mass is 10.1. The normalized spacial score (nSPS) is 11.2. The Morgan fingerprint density at radius 2 is 2.00 bits per heavy atom. The second kappa shape index (κ2) is 6.03. The molecule has 1 aromatic rings. The zero-order chi connectivity index (χ0) is 14.6. The number of aryl methyl sites for hydroxylation is 2. The molecule has 0 aromatic heterocycles. The van der Waals surface area contributed by atoms with Gasteiger partial charge in [-0.3, -0.25) is 4.79 Å². The third-order valence-corrected chi connectivity index (χ3v) is 3.46. The summed E-state index contributed by atoms with van der Waals surface area (Å²) >= 11 is 0. The predicted octanol–water partition coefficient (Wildman–Crippen LogP) is 0.466. The van der Waals surface area contributed by atoms with Gasteiger partial charge in [0, 0.05) is 7.05 Å². The summed E-state index contributed by atoms with van der Waals surface area (Å²) < 4.78 is 28.5. The summed E-state index contributed by atoms with van der Waals surface area (Å²) in [6.07, 6.45) is 0.147. The van der Waals surface area contributed by atoms with Crippen LogP contribution in [0.4, 0.5) is 0 Å². The number of nitrogens with two attached hydrogens (primary N) is 1. The molecule has 7 heteroatoms. The van der Waals surface area contributed by atoms with E-state index >= 15 is 0 Å². The number of ether oxygens (including phenoxy) is 1. The average Bonchev–Trinajstić information content (AvgIpc) is 2.29. The van der Waals surface area contributed by atoms with Crippen LogP contribution < -0.4 is 15.2 Å². The van der Waals surface area contributed by atoms with Crippen LogP contribution in [0, 0.1) is 13.8 Å². The molecule has 6 nitrogen and oxygen atoms in total. The standard InChI is InChI=1S/C12H18N2O4S/c1-8-6-9(2)12(10(7-8)19(13,16)17)18-5-4-11(15)14-3/h6-7H,4-5H2,1-3H3,(H,14,15)(H2,13,16,17). The summed E-state index contributed by atoms with van der Waals surface area (Å²) in [7, 11) is -2.34. The molecule has 106 valence electrons. The molecule has 0 unspecified atom stereocenters. The SMILES string of the molecule is CNC(=O)CCOc1c(C)cc(C)cc1S(N)(=O)=O. The Morgan fingerprint density at radius 1 is 1.37 bits per heavy atom. The monoisotopic (exact) mass is 286 g/mol. The van der Waals surface area contributed by atoms with Gasteiger partial charge in [-0.25, -0.2) is 13.6 Å². The largest absolute Gasteiger partial charge is 0.491 e. The third-order valence-electron chi connectivity index (χ3n) is 2.55. The number of rotatable bonds is 5. The van der Waals surface area contributed by atoms with Crippen LogP contribution in [0.5, 0.6) is 5.75 Å². The minimum Gasteiger partial charge on any atom is -0.491 e. The van der Waals surface area contributed by atoms with E-state index in [9.17, 15) is 13.2 Å². The number of carbonyl (C=O) groups excluding carboxylic acids is 1. The Labute approximate surface area is 113 Å². The van der Waals surface area contributed by atoms with Crippen molar-refractivity contribution < 1.29 is 17.9 Å². The van der Waals surface area contributed by atoms with Crippen molar-refractivity contribution in [1.82, 2.24) is 5.32 Å². The fourth-order valence-electron chi connectivity index (χ4n) is 1.68. The fourth-order valence-corrected chi connectivity index (χ4v) is 2.51. The molecule has 0 bridgehead atoms. The average molecular weight is 286 g/mol. The maximum Gasteiger partial charge on any atom is 0.241 e. The molecule has 0 atom stereocenters. The van der Waals surface area contributed by atoms with E-state index in [-0.39, 0.29) is 29.6 Å². The van der Waals surface area contributed by atoms with E-state index in [4.69, 9.17) is 9.88 Å². The Bertz CT molecular complexity index is 582. The van der Waals surface area contributed by atoms with Gasteiger partial charge in [-0.15, -0.1) is 0 Å². The highest BCUT2D eigenvalue weighted by Gasteiger charge is 2.18. The summed E-state index contributed by atoms with van der Waals surface area (Å²) in [4.78, 5) is 11.0. The number of hydrogen-bond donors (Lipinski definition) is 2. The van der Waals surface area contributed by atoms with E-state index in [1.54, 1.807) is 19.9 Å². The summed E-state index contributed by atoms with van der Waals surface area (Å²) in [6.45, 7) is 3.60. The first-order valence-corrected chi connectivity index (χ1v) is 7.27. The molecule has 3 N–H and O–H groups in total. The lowest BCUT2D eigenvalue weighted by Gasteiger charge is -2.13. The van der Waals surface area contributed by atoms with E-state index in [2.05, 4.69) is 5.32 Å². The first kappa shape index (κ1) is 15.5. The van der Waals surface area contributed by atoms with Gasteiger partial charge in [0.25, 0.3) is 0 Å². The van der Waals surface area contributed by atoms with Crippen LogP contribution in [0.25, 0.3) is 0 Å². The highest BCUT2D eigenvalue weighted by Crippen LogP contribution is 2.28. The predicted molar refractivity (Wildman–Crippen MR) is 71.5 cm³/mol. The van der Waals surface area contributed by atoms with Crippen molar-refractivity contribution in [2.75, 3.05) is 13.7 Å². The summed E-state index contributed by atoms with van der Waals surface area (Å²) in [5.41, 5.74) is 1.45. The van der Waals surface area contributed by atoms with Crippen LogP contribution in [-0.2, 0) is 14.8 Å². The van der Waals surface area contributed by atoms with E-state index in [1.807, 2.05) is 0 Å². The summed E-state index contributed by atoms with van der Waals surface area (Å²) in [5.74, 6) is 0.0268. The molecule has 0 aliphatic rings. The lowest BCUT2D eigenvalue weighted by molar-refractivity contribution is -0.121. The molecular weight excluding hydrogens is 268 g/mol. The van der Waals surface area contributed by atoms with Crippen molar-refractivity contribution in [3.8, 4) is 5.75 Å².